The molecule has 0 aliphatic rings. The fourth-order valence-electron chi connectivity index (χ4n) is 1.72. The van der Waals surface area contributed by atoms with Crippen LogP contribution in [0.25, 0.3) is 0 Å². The summed E-state index contributed by atoms with van der Waals surface area (Å²) in [5, 5.41) is 20.2. The average Bonchev–Trinajstić information content (AvgIpc) is 2.46. The number of non-ortho nitro benzene ring substituents is 1. The Morgan fingerprint density at radius 1 is 1.29 bits per heavy atom. The molecule has 0 aliphatic carbocycles. The summed E-state index contributed by atoms with van der Waals surface area (Å²) in [6.45, 7) is -0.0522. The zero-order chi connectivity index (χ0) is 15.4. The molecule has 1 N–H and O–H groups in total. The standard InChI is InChI=1S/C14H10ClNO5/c15-12-3-1-2-4-13(12)21-8-9-5-6-10(16(19)20)7-11(9)14(17)18/h1-7H,8H2,(H,17,18). The summed E-state index contributed by atoms with van der Waals surface area (Å²) in [6, 6.07) is 10.4. The highest BCUT2D eigenvalue weighted by Crippen LogP contribution is 2.25. The third-order valence-corrected chi connectivity index (χ3v) is 3.07. The van der Waals surface area contributed by atoms with Crippen molar-refractivity contribution in [1.29, 1.82) is 0 Å². The molecule has 21 heavy (non-hydrogen) atoms. The zero-order valence-electron chi connectivity index (χ0n) is 10.7. The van der Waals surface area contributed by atoms with E-state index in [9.17, 15) is 14.9 Å². The van der Waals surface area contributed by atoms with Gasteiger partial charge in [0.2, 0.25) is 0 Å². The molecular weight excluding hydrogens is 298 g/mol. The van der Waals surface area contributed by atoms with E-state index >= 15 is 0 Å². The molecule has 2 rings (SSSR count). The fourth-order valence-corrected chi connectivity index (χ4v) is 1.91. The van der Waals surface area contributed by atoms with E-state index in [1.807, 2.05) is 0 Å². The van der Waals surface area contributed by atoms with E-state index in [-0.39, 0.29) is 17.9 Å². The predicted molar refractivity (Wildman–Crippen MR) is 75.8 cm³/mol. The quantitative estimate of drug-likeness (QED) is 0.674. The normalized spacial score (nSPS) is 10.1. The molecule has 0 atom stereocenters. The number of halogens is 1. The Morgan fingerprint density at radius 2 is 2.00 bits per heavy atom. The van der Waals surface area contributed by atoms with Crippen molar-refractivity contribution < 1.29 is 19.6 Å². The van der Waals surface area contributed by atoms with Gasteiger partial charge in [-0.2, -0.15) is 0 Å². The first-order valence-corrected chi connectivity index (χ1v) is 6.25. The summed E-state index contributed by atoms with van der Waals surface area (Å²) in [6.07, 6.45) is 0. The van der Waals surface area contributed by atoms with Crippen LogP contribution >= 0.6 is 11.6 Å². The first kappa shape index (κ1) is 14.8. The van der Waals surface area contributed by atoms with E-state index in [1.54, 1.807) is 24.3 Å². The van der Waals surface area contributed by atoms with E-state index < -0.39 is 10.9 Å². The first-order valence-electron chi connectivity index (χ1n) is 5.87. The molecule has 0 unspecified atom stereocenters. The van der Waals surface area contributed by atoms with Crippen molar-refractivity contribution in [2.24, 2.45) is 0 Å². The van der Waals surface area contributed by atoms with Gasteiger partial charge in [0.1, 0.15) is 12.4 Å². The minimum Gasteiger partial charge on any atom is -0.487 e. The number of nitrogens with zero attached hydrogens (tertiary/aromatic N) is 1. The van der Waals surface area contributed by atoms with Gasteiger partial charge in [-0.25, -0.2) is 4.79 Å². The Hall–Kier alpha value is -2.60. The Morgan fingerprint density at radius 3 is 2.62 bits per heavy atom. The van der Waals surface area contributed by atoms with Crippen LogP contribution in [0, 0.1) is 10.1 Å². The van der Waals surface area contributed by atoms with Crippen LogP contribution in [0.5, 0.6) is 5.75 Å². The molecule has 0 aliphatic heterocycles. The number of aromatic carboxylic acids is 1. The smallest absolute Gasteiger partial charge is 0.336 e. The molecule has 0 aromatic heterocycles. The number of para-hydroxylation sites is 1. The van der Waals surface area contributed by atoms with Crippen LogP contribution in [-0.4, -0.2) is 16.0 Å². The molecule has 2 aromatic rings. The molecule has 6 nitrogen and oxygen atoms in total. The van der Waals surface area contributed by atoms with Crippen molar-refractivity contribution in [1.82, 2.24) is 0 Å². The molecule has 0 saturated carbocycles. The van der Waals surface area contributed by atoms with Gasteiger partial charge in [-0.05, 0) is 18.2 Å². The highest BCUT2D eigenvalue weighted by Gasteiger charge is 2.16. The summed E-state index contributed by atoms with van der Waals surface area (Å²) in [5.41, 5.74) is -0.127. The van der Waals surface area contributed by atoms with Crippen molar-refractivity contribution in [2.45, 2.75) is 6.61 Å². The minimum absolute atomic E-state index is 0.0522. The van der Waals surface area contributed by atoms with Crippen molar-refractivity contribution in [2.75, 3.05) is 0 Å². The summed E-state index contributed by atoms with van der Waals surface area (Å²) >= 11 is 5.93. The van der Waals surface area contributed by atoms with Crippen LogP contribution in [0.2, 0.25) is 5.02 Å². The highest BCUT2D eigenvalue weighted by molar-refractivity contribution is 6.32. The zero-order valence-corrected chi connectivity index (χ0v) is 11.4. The van der Waals surface area contributed by atoms with E-state index in [2.05, 4.69) is 0 Å². The third kappa shape index (κ3) is 3.49. The summed E-state index contributed by atoms with van der Waals surface area (Å²) < 4.78 is 5.45. The molecule has 0 radical (unpaired) electrons. The number of nitro benzene ring substituents is 1. The maximum absolute atomic E-state index is 11.2. The monoisotopic (exact) mass is 307 g/mol. The molecule has 0 saturated heterocycles. The van der Waals surface area contributed by atoms with Crippen LogP contribution in [0.3, 0.4) is 0 Å². The van der Waals surface area contributed by atoms with Crippen molar-refractivity contribution >= 4 is 23.3 Å². The largest absolute Gasteiger partial charge is 0.487 e. The second-order valence-electron chi connectivity index (χ2n) is 4.12. The molecule has 0 heterocycles. The van der Waals surface area contributed by atoms with Crippen LogP contribution in [0.1, 0.15) is 15.9 Å². The molecule has 0 amide bonds. The maximum Gasteiger partial charge on any atom is 0.336 e. The number of carboxylic acid groups (broad SMARTS) is 1. The molecular formula is C14H10ClNO5. The second kappa shape index (κ2) is 6.23. The number of hydrogen-bond acceptors (Lipinski definition) is 4. The molecule has 108 valence electrons. The second-order valence-corrected chi connectivity index (χ2v) is 4.53. The lowest BCUT2D eigenvalue weighted by molar-refractivity contribution is -0.384. The fraction of sp³-hybridized carbons (Fsp3) is 0.0714. The predicted octanol–water partition coefficient (Wildman–Crippen LogP) is 3.53. The van der Waals surface area contributed by atoms with E-state index in [1.165, 1.54) is 12.1 Å². The number of ether oxygens (including phenoxy) is 1. The number of rotatable bonds is 5. The number of carboxylic acids is 1. The summed E-state index contributed by atoms with van der Waals surface area (Å²) in [5.74, 6) is -0.842. The third-order valence-electron chi connectivity index (χ3n) is 2.75. The Kier molecular flexibility index (Phi) is 4.39. The lowest BCUT2D eigenvalue weighted by Gasteiger charge is -2.09. The molecule has 0 bridgehead atoms. The van der Waals surface area contributed by atoms with E-state index in [0.717, 1.165) is 6.07 Å². The number of nitro groups is 1. The number of carbonyl (C=O) groups is 1. The van der Waals surface area contributed by atoms with Gasteiger partial charge in [0.05, 0.1) is 15.5 Å². The van der Waals surface area contributed by atoms with Gasteiger partial charge in [0.15, 0.2) is 0 Å². The van der Waals surface area contributed by atoms with Crippen molar-refractivity contribution in [3.8, 4) is 5.75 Å². The average molecular weight is 308 g/mol. The van der Waals surface area contributed by atoms with Crippen LogP contribution in [0.4, 0.5) is 5.69 Å². The van der Waals surface area contributed by atoms with Gasteiger partial charge < -0.3 is 9.84 Å². The molecule has 2 aromatic carbocycles. The van der Waals surface area contributed by atoms with Gasteiger partial charge in [-0.15, -0.1) is 0 Å². The van der Waals surface area contributed by atoms with E-state index in [0.29, 0.717) is 16.3 Å². The minimum atomic E-state index is -1.25. The summed E-state index contributed by atoms with van der Waals surface area (Å²) in [4.78, 5) is 21.2. The Bertz CT molecular complexity index is 702. The van der Waals surface area contributed by atoms with Gasteiger partial charge >= 0.3 is 5.97 Å². The van der Waals surface area contributed by atoms with Gasteiger partial charge in [0, 0.05) is 17.7 Å². The Labute approximate surface area is 124 Å². The number of benzene rings is 2. The topological polar surface area (TPSA) is 89.7 Å². The van der Waals surface area contributed by atoms with Crippen molar-refractivity contribution in [3.63, 3.8) is 0 Å². The van der Waals surface area contributed by atoms with Crippen LogP contribution < -0.4 is 4.74 Å². The molecule has 7 heteroatoms. The van der Waals surface area contributed by atoms with Crippen LogP contribution in [-0.2, 0) is 6.61 Å². The molecule has 0 spiro atoms. The summed E-state index contributed by atoms with van der Waals surface area (Å²) in [7, 11) is 0. The first-order chi connectivity index (χ1) is 9.99. The Balaban J connectivity index is 2.26. The van der Waals surface area contributed by atoms with Gasteiger partial charge in [-0.1, -0.05) is 23.7 Å². The number of hydrogen-bond donors (Lipinski definition) is 1. The molecule has 0 fully saturated rings. The SMILES string of the molecule is O=C(O)c1cc([N+](=O)[O-])ccc1COc1ccccc1Cl. The van der Waals surface area contributed by atoms with Crippen LogP contribution in [0.15, 0.2) is 42.5 Å². The van der Waals surface area contributed by atoms with Crippen molar-refractivity contribution in [3.05, 3.63) is 68.7 Å². The lowest BCUT2D eigenvalue weighted by Crippen LogP contribution is -2.06. The van der Waals surface area contributed by atoms with Gasteiger partial charge in [-0.3, -0.25) is 10.1 Å². The highest BCUT2D eigenvalue weighted by atomic mass is 35.5. The maximum atomic E-state index is 11.2. The van der Waals surface area contributed by atoms with E-state index in [4.69, 9.17) is 21.4 Å². The lowest BCUT2D eigenvalue weighted by atomic mass is 10.1. The van der Waals surface area contributed by atoms with Gasteiger partial charge in [0.25, 0.3) is 5.69 Å².